The van der Waals surface area contributed by atoms with Crippen LogP contribution in [0.1, 0.15) is 143 Å². The summed E-state index contributed by atoms with van der Waals surface area (Å²) in [7, 11) is 0. The van der Waals surface area contributed by atoms with E-state index in [1.165, 1.54) is 116 Å². The third-order valence-corrected chi connectivity index (χ3v) is 15.5. The van der Waals surface area contributed by atoms with Crippen LogP contribution in [0, 0.1) is 42.4 Å². The second-order valence-electron chi connectivity index (χ2n) is 14.1. The van der Waals surface area contributed by atoms with E-state index >= 15 is 0 Å². The Morgan fingerprint density at radius 2 is 1.15 bits per heavy atom. The van der Waals surface area contributed by atoms with Crippen LogP contribution in [-0.2, 0) is 0 Å². The molecule has 2 heteroatoms. The first kappa shape index (κ1) is 31.9. The molecule has 2 unspecified atom stereocenters. The van der Waals surface area contributed by atoms with Gasteiger partial charge in [0.15, 0.2) is 0 Å². The standard InChI is InChI=1S/C20H30Se.C19H28Se/c1-3-4-16-6-8-17(9-7-16)18-10-12-19(13-11-18)20-14-5-15(2)21-20;1-2-4-15-6-8-16(9-7-15)17-10-12-18(13-11-17)19-5-3-14-20-19/h5,12,14,16-18H,3-4,6-11,13H2,1-2H3;3,5,12,14-17H,2,4,6-11,13H2,1H3. The van der Waals surface area contributed by atoms with E-state index in [0.717, 1.165) is 35.5 Å². The first-order valence-corrected chi connectivity index (χ1v) is 21.2. The molecule has 4 aliphatic rings. The summed E-state index contributed by atoms with van der Waals surface area (Å²) in [5.74, 6) is 6.20. The van der Waals surface area contributed by atoms with Gasteiger partial charge in [0.1, 0.15) is 0 Å². The molecule has 0 bridgehead atoms. The van der Waals surface area contributed by atoms with Crippen molar-refractivity contribution in [2.75, 3.05) is 0 Å². The van der Waals surface area contributed by atoms with E-state index in [9.17, 15) is 0 Å². The molecule has 0 aliphatic heterocycles. The fourth-order valence-corrected chi connectivity index (χ4v) is 12.4. The summed E-state index contributed by atoms with van der Waals surface area (Å²) >= 11 is 1.27. The second kappa shape index (κ2) is 16.5. The van der Waals surface area contributed by atoms with Crippen molar-refractivity contribution in [3.63, 3.8) is 0 Å². The molecule has 41 heavy (non-hydrogen) atoms. The number of hydrogen-bond donors (Lipinski definition) is 0. The van der Waals surface area contributed by atoms with E-state index in [2.05, 4.69) is 62.1 Å². The average Bonchev–Trinajstić information content (AvgIpc) is 3.72. The van der Waals surface area contributed by atoms with Crippen molar-refractivity contribution in [1.29, 1.82) is 0 Å². The summed E-state index contributed by atoms with van der Waals surface area (Å²) in [6.45, 7) is 6.97. The van der Waals surface area contributed by atoms with E-state index in [-0.39, 0.29) is 0 Å². The molecule has 0 radical (unpaired) electrons. The summed E-state index contributed by atoms with van der Waals surface area (Å²) in [5, 5.41) is 0. The van der Waals surface area contributed by atoms with Crippen LogP contribution in [0.2, 0.25) is 0 Å². The van der Waals surface area contributed by atoms with Gasteiger partial charge in [-0.2, -0.15) is 0 Å². The van der Waals surface area contributed by atoms with Crippen molar-refractivity contribution in [1.82, 2.24) is 0 Å². The van der Waals surface area contributed by atoms with Crippen LogP contribution in [0.3, 0.4) is 0 Å². The van der Waals surface area contributed by atoms with Crippen LogP contribution in [0.15, 0.2) is 41.4 Å². The predicted molar refractivity (Wildman–Crippen MR) is 183 cm³/mol. The van der Waals surface area contributed by atoms with Gasteiger partial charge in [-0.25, -0.2) is 0 Å². The molecule has 2 fully saturated rings. The number of rotatable bonds is 8. The maximum absolute atomic E-state index is 2.60. The number of aryl methyl sites for hydroxylation is 1. The van der Waals surface area contributed by atoms with Crippen LogP contribution in [0.5, 0.6) is 0 Å². The van der Waals surface area contributed by atoms with Gasteiger partial charge in [-0.1, -0.05) is 0 Å². The number of allylic oxidation sites excluding steroid dienone is 4. The summed E-state index contributed by atoms with van der Waals surface area (Å²) in [5.41, 5.74) is 3.38. The molecule has 226 valence electrons. The quantitative estimate of drug-likeness (QED) is 0.243. The first-order valence-electron chi connectivity index (χ1n) is 17.6. The zero-order valence-electron chi connectivity index (χ0n) is 26.5. The van der Waals surface area contributed by atoms with Gasteiger partial charge in [0.25, 0.3) is 0 Å². The minimum absolute atomic E-state index is 0.636. The van der Waals surface area contributed by atoms with Crippen molar-refractivity contribution in [3.05, 3.63) is 54.7 Å². The van der Waals surface area contributed by atoms with Crippen LogP contribution in [-0.4, -0.2) is 29.0 Å². The molecule has 0 nitrogen and oxygen atoms in total. The summed E-state index contributed by atoms with van der Waals surface area (Å²) < 4.78 is 4.92. The normalized spacial score (nSPS) is 30.6. The first-order chi connectivity index (χ1) is 20.1. The third-order valence-electron chi connectivity index (χ3n) is 11.3. The van der Waals surface area contributed by atoms with E-state index in [1.54, 1.807) is 24.5 Å². The SMILES string of the molecule is CCCC1CCC(C2CC=C(c3ccc(C)[se]3)CC2)CC1.CCCC1CCC(C2CC=C(c3ccc[se]3)CC2)CC1. The topological polar surface area (TPSA) is 0 Å². The van der Waals surface area contributed by atoms with E-state index in [4.69, 9.17) is 0 Å². The minimum atomic E-state index is 0.636. The fraction of sp³-hybridized carbons (Fsp3) is 0.692. The maximum atomic E-state index is 2.60. The van der Waals surface area contributed by atoms with Crippen molar-refractivity contribution in [3.8, 4) is 0 Å². The Morgan fingerprint density at radius 1 is 0.610 bits per heavy atom. The molecule has 4 aliphatic carbocycles. The van der Waals surface area contributed by atoms with Gasteiger partial charge in [-0.05, 0) is 0 Å². The van der Waals surface area contributed by atoms with Crippen LogP contribution >= 0.6 is 0 Å². The molecule has 0 N–H and O–H groups in total. The van der Waals surface area contributed by atoms with Gasteiger partial charge in [0.05, 0.1) is 0 Å². The summed E-state index contributed by atoms with van der Waals surface area (Å²) in [4.78, 5) is 2.35. The van der Waals surface area contributed by atoms with Crippen LogP contribution < -0.4 is 0 Å². The molecule has 0 amide bonds. The molecule has 0 aromatic carbocycles. The predicted octanol–water partition coefficient (Wildman–Crippen LogP) is 11.4. The van der Waals surface area contributed by atoms with Gasteiger partial charge in [0, 0.05) is 0 Å². The molecule has 0 saturated heterocycles. The molecule has 2 heterocycles. The van der Waals surface area contributed by atoms with Crippen molar-refractivity contribution < 1.29 is 0 Å². The van der Waals surface area contributed by atoms with E-state index in [0.29, 0.717) is 29.0 Å². The third kappa shape index (κ3) is 9.24. The fourth-order valence-electron chi connectivity index (χ4n) is 8.79. The Balaban J connectivity index is 0.000000165. The molecule has 6 rings (SSSR count). The van der Waals surface area contributed by atoms with Gasteiger partial charge in [0.2, 0.25) is 0 Å². The van der Waals surface area contributed by atoms with Crippen molar-refractivity contribution >= 4 is 40.2 Å². The van der Waals surface area contributed by atoms with Gasteiger partial charge < -0.3 is 0 Å². The second-order valence-corrected chi connectivity index (χ2v) is 18.7. The Labute approximate surface area is 265 Å². The van der Waals surface area contributed by atoms with Gasteiger partial charge in [-0.3, -0.25) is 0 Å². The Hall–Kier alpha value is -0.521. The molecular formula is C39H58Se2. The Morgan fingerprint density at radius 3 is 1.54 bits per heavy atom. The van der Waals surface area contributed by atoms with Crippen molar-refractivity contribution in [2.45, 2.75) is 136 Å². The van der Waals surface area contributed by atoms with Gasteiger partial charge in [-0.15, -0.1) is 0 Å². The summed E-state index contributed by atoms with van der Waals surface area (Å²) in [6.07, 6.45) is 31.4. The van der Waals surface area contributed by atoms with E-state index < -0.39 is 0 Å². The Kier molecular flexibility index (Phi) is 12.9. The molecule has 2 saturated carbocycles. The zero-order chi connectivity index (χ0) is 28.4. The van der Waals surface area contributed by atoms with Gasteiger partial charge >= 0.3 is 267 Å². The zero-order valence-corrected chi connectivity index (χ0v) is 30.0. The van der Waals surface area contributed by atoms with Crippen LogP contribution in [0.25, 0.3) is 11.1 Å². The molecule has 2 atom stereocenters. The molecular weight excluding hydrogens is 626 g/mol. The Bertz CT molecular complexity index is 1070. The molecule has 0 spiro atoms. The van der Waals surface area contributed by atoms with E-state index in [1.807, 2.05) is 0 Å². The molecule has 2 aromatic heterocycles. The number of hydrogen-bond acceptors (Lipinski definition) is 0. The monoisotopic (exact) mass is 686 g/mol. The summed E-state index contributed by atoms with van der Waals surface area (Å²) in [6, 6.07) is 9.31. The van der Waals surface area contributed by atoms with Crippen LogP contribution in [0.4, 0.5) is 0 Å². The van der Waals surface area contributed by atoms with Crippen molar-refractivity contribution in [2.24, 2.45) is 35.5 Å². The molecule has 2 aromatic rings. The average molecular weight is 685 g/mol.